The van der Waals surface area contributed by atoms with E-state index in [9.17, 15) is 9.18 Å². The molecule has 21 heavy (non-hydrogen) atoms. The average Bonchev–Trinajstić information content (AvgIpc) is 2.39. The normalized spacial score (nSPS) is 10.4. The second kappa shape index (κ2) is 7.15. The highest BCUT2D eigenvalue weighted by Gasteiger charge is 2.08. The third-order valence-electron chi connectivity index (χ3n) is 2.47. The molecule has 1 amide bonds. The molecule has 2 rings (SSSR count). The van der Waals surface area contributed by atoms with Crippen LogP contribution in [0.2, 0.25) is 5.02 Å². The molecule has 0 saturated heterocycles. The van der Waals surface area contributed by atoms with Crippen molar-refractivity contribution in [1.82, 2.24) is 0 Å². The van der Waals surface area contributed by atoms with Gasteiger partial charge in [0.15, 0.2) is 0 Å². The molecule has 0 spiro atoms. The zero-order valence-electron chi connectivity index (χ0n) is 10.7. The summed E-state index contributed by atoms with van der Waals surface area (Å²) in [6.07, 6.45) is 0. The number of nitrogens with one attached hydrogen (secondary N) is 1. The van der Waals surface area contributed by atoms with E-state index in [-0.39, 0.29) is 11.7 Å². The largest absolute Gasteiger partial charge is 0.399 e. The van der Waals surface area contributed by atoms with Gasteiger partial charge in [0.1, 0.15) is 5.82 Å². The Hall–Kier alpha value is -1.24. The second-order valence-corrected chi connectivity index (χ2v) is 6.55. The maximum atomic E-state index is 13.2. The summed E-state index contributed by atoms with van der Waals surface area (Å²) in [6, 6.07) is 9.36. The molecule has 2 aromatic rings. The molecule has 0 saturated carbocycles. The summed E-state index contributed by atoms with van der Waals surface area (Å²) in [5, 5.41) is 3.14. The van der Waals surface area contributed by atoms with Crippen LogP contribution in [-0.4, -0.2) is 11.7 Å². The van der Waals surface area contributed by atoms with Gasteiger partial charge in [0.05, 0.1) is 16.5 Å². The Morgan fingerprint density at radius 2 is 2.10 bits per heavy atom. The Labute approximate surface area is 139 Å². The van der Waals surface area contributed by atoms with Crippen LogP contribution in [0.4, 0.5) is 15.8 Å². The maximum absolute atomic E-state index is 13.2. The molecule has 0 aliphatic heterocycles. The van der Waals surface area contributed by atoms with Crippen molar-refractivity contribution in [3.63, 3.8) is 0 Å². The van der Waals surface area contributed by atoms with Gasteiger partial charge in [-0.1, -0.05) is 27.5 Å². The lowest BCUT2D eigenvalue weighted by molar-refractivity contribution is -0.113. The Bertz CT molecular complexity index is 664. The number of carbonyl (C=O) groups is 1. The molecule has 0 aliphatic carbocycles. The Morgan fingerprint density at radius 3 is 2.76 bits per heavy atom. The van der Waals surface area contributed by atoms with Crippen LogP contribution in [0.5, 0.6) is 0 Å². The SMILES string of the molecule is Nc1cc(F)cc(SCC(=O)Nc2ccc(Br)cc2Cl)c1. The summed E-state index contributed by atoms with van der Waals surface area (Å²) in [5.41, 5.74) is 6.41. The van der Waals surface area contributed by atoms with Gasteiger partial charge in [-0.3, -0.25) is 4.79 Å². The van der Waals surface area contributed by atoms with Crippen LogP contribution in [0.15, 0.2) is 45.8 Å². The van der Waals surface area contributed by atoms with Gasteiger partial charge in [-0.05, 0) is 36.4 Å². The van der Waals surface area contributed by atoms with Crippen LogP contribution in [0.3, 0.4) is 0 Å². The quantitative estimate of drug-likeness (QED) is 0.595. The number of amides is 1. The molecule has 3 nitrogen and oxygen atoms in total. The number of thioether (sulfide) groups is 1. The minimum atomic E-state index is -0.422. The van der Waals surface area contributed by atoms with E-state index >= 15 is 0 Å². The number of anilines is 2. The molecule has 0 fully saturated rings. The first-order valence-corrected chi connectivity index (χ1v) is 8.03. The molecule has 0 heterocycles. The van der Waals surface area contributed by atoms with Crippen LogP contribution in [0.25, 0.3) is 0 Å². The van der Waals surface area contributed by atoms with Gasteiger partial charge < -0.3 is 11.1 Å². The average molecular weight is 390 g/mol. The topological polar surface area (TPSA) is 55.1 Å². The van der Waals surface area contributed by atoms with Crippen molar-refractivity contribution < 1.29 is 9.18 Å². The van der Waals surface area contributed by atoms with E-state index in [4.69, 9.17) is 17.3 Å². The lowest BCUT2D eigenvalue weighted by Gasteiger charge is -2.08. The van der Waals surface area contributed by atoms with Crippen LogP contribution in [0.1, 0.15) is 0 Å². The van der Waals surface area contributed by atoms with Crippen LogP contribution < -0.4 is 11.1 Å². The Kier molecular flexibility index (Phi) is 5.50. The zero-order valence-corrected chi connectivity index (χ0v) is 13.9. The summed E-state index contributed by atoms with van der Waals surface area (Å²) in [7, 11) is 0. The van der Waals surface area contributed by atoms with Crippen molar-refractivity contribution in [2.75, 3.05) is 16.8 Å². The highest BCUT2D eigenvalue weighted by molar-refractivity contribution is 9.10. The lowest BCUT2D eigenvalue weighted by Crippen LogP contribution is -2.14. The summed E-state index contributed by atoms with van der Waals surface area (Å²) < 4.78 is 14.0. The maximum Gasteiger partial charge on any atom is 0.234 e. The van der Waals surface area contributed by atoms with Gasteiger partial charge in [-0.25, -0.2) is 4.39 Å². The first-order chi connectivity index (χ1) is 9.94. The summed E-state index contributed by atoms with van der Waals surface area (Å²) in [5.74, 6) is -0.518. The molecule has 7 heteroatoms. The zero-order chi connectivity index (χ0) is 15.4. The van der Waals surface area contributed by atoms with Gasteiger partial charge in [-0.2, -0.15) is 0 Å². The van der Waals surface area contributed by atoms with Crippen LogP contribution in [0, 0.1) is 5.82 Å². The third kappa shape index (κ3) is 4.91. The molecule has 0 unspecified atom stereocenters. The number of nitrogen functional groups attached to an aromatic ring is 1. The number of halogens is 3. The van der Waals surface area contributed by atoms with E-state index in [1.807, 2.05) is 0 Å². The van der Waals surface area contributed by atoms with Crippen LogP contribution >= 0.6 is 39.3 Å². The van der Waals surface area contributed by atoms with Crippen molar-refractivity contribution in [3.8, 4) is 0 Å². The Balaban J connectivity index is 1.95. The fourth-order valence-corrected chi connectivity index (χ4v) is 3.10. The number of carbonyl (C=O) groups excluding carboxylic acids is 1. The van der Waals surface area contributed by atoms with Gasteiger partial charge in [0, 0.05) is 15.1 Å². The molecule has 110 valence electrons. The number of hydrogen-bond donors (Lipinski definition) is 2. The van der Waals surface area contributed by atoms with Crippen molar-refractivity contribution in [3.05, 3.63) is 51.7 Å². The number of rotatable bonds is 4. The van der Waals surface area contributed by atoms with E-state index in [1.54, 1.807) is 24.3 Å². The van der Waals surface area contributed by atoms with E-state index < -0.39 is 5.82 Å². The van der Waals surface area contributed by atoms with Gasteiger partial charge >= 0.3 is 0 Å². The summed E-state index contributed by atoms with van der Waals surface area (Å²) in [6.45, 7) is 0. The minimum absolute atomic E-state index is 0.134. The second-order valence-electron chi connectivity index (χ2n) is 4.18. The van der Waals surface area contributed by atoms with Gasteiger partial charge in [0.25, 0.3) is 0 Å². The molecule has 0 radical (unpaired) electrons. The number of hydrogen-bond acceptors (Lipinski definition) is 3. The standard InChI is InChI=1S/C14H11BrClFN2OS/c15-8-1-2-13(12(16)3-8)19-14(20)7-21-11-5-9(17)4-10(18)6-11/h1-6H,7,18H2,(H,19,20). The van der Waals surface area contributed by atoms with Crippen molar-refractivity contribution in [1.29, 1.82) is 0 Å². The highest BCUT2D eigenvalue weighted by Crippen LogP contribution is 2.26. The molecule has 0 aliphatic rings. The van der Waals surface area contributed by atoms with E-state index in [0.29, 0.717) is 21.3 Å². The molecule has 0 aromatic heterocycles. The minimum Gasteiger partial charge on any atom is -0.399 e. The third-order valence-corrected chi connectivity index (χ3v) is 4.25. The van der Waals surface area contributed by atoms with Crippen molar-refractivity contribution in [2.24, 2.45) is 0 Å². The fourth-order valence-electron chi connectivity index (χ4n) is 1.59. The lowest BCUT2D eigenvalue weighted by atomic mass is 10.3. The predicted molar refractivity (Wildman–Crippen MR) is 89.3 cm³/mol. The predicted octanol–water partition coefficient (Wildman–Crippen LogP) is 4.55. The van der Waals surface area contributed by atoms with Crippen molar-refractivity contribution >= 4 is 56.6 Å². The smallest absolute Gasteiger partial charge is 0.234 e. The fraction of sp³-hybridized carbons (Fsp3) is 0.0714. The number of nitrogens with two attached hydrogens (primary N) is 1. The first kappa shape index (κ1) is 16.1. The van der Waals surface area contributed by atoms with E-state index in [1.165, 1.54) is 23.9 Å². The molecular weight excluding hydrogens is 379 g/mol. The molecule has 2 aromatic carbocycles. The molecule has 0 bridgehead atoms. The first-order valence-electron chi connectivity index (χ1n) is 5.88. The molecule has 0 atom stereocenters. The molecule has 3 N–H and O–H groups in total. The van der Waals surface area contributed by atoms with Gasteiger partial charge in [0.2, 0.25) is 5.91 Å². The summed E-state index contributed by atoms with van der Waals surface area (Å²) >= 11 is 10.5. The van der Waals surface area contributed by atoms with E-state index in [0.717, 1.165) is 4.47 Å². The van der Waals surface area contributed by atoms with E-state index in [2.05, 4.69) is 21.2 Å². The van der Waals surface area contributed by atoms with Crippen molar-refractivity contribution in [2.45, 2.75) is 4.90 Å². The number of benzene rings is 2. The molecular formula is C14H11BrClFN2OS. The summed E-state index contributed by atoms with van der Waals surface area (Å²) in [4.78, 5) is 12.5. The highest BCUT2D eigenvalue weighted by atomic mass is 79.9. The Morgan fingerprint density at radius 1 is 1.33 bits per heavy atom. The van der Waals surface area contributed by atoms with Crippen LogP contribution in [-0.2, 0) is 4.79 Å². The van der Waals surface area contributed by atoms with Gasteiger partial charge in [-0.15, -0.1) is 11.8 Å². The monoisotopic (exact) mass is 388 g/mol.